The minimum Gasteiger partial charge on any atom is -0.343 e. The third-order valence-corrected chi connectivity index (χ3v) is 3.49. The maximum absolute atomic E-state index is 14.2. The molecule has 0 unspecified atom stereocenters. The number of aromatic amines is 1. The molecule has 1 aliphatic rings. The van der Waals surface area contributed by atoms with Crippen LogP contribution in [0.5, 0.6) is 0 Å². The summed E-state index contributed by atoms with van der Waals surface area (Å²) < 4.78 is 28.3. The number of nitro benzene ring substituents is 1. The largest absolute Gasteiger partial charge is 0.343 e. The number of halogens is 2. The summed E-state index contributed by atoms with van der Waals surface area (Å²) in [6, 6.07) is 3.27. The van der Waals surface area contributed by atoms with Crippen molar-refractivity contribution >= 4 is 17.9 Å². The number of H-pyrrole nitrogens is 1. The van der Waals surface area contributed by atoms with Crippen molar-refractivity contribution in [1.29, 1.82) is 0 Å². The molecule has 0 aliphatic heterocycles. The molecule has 21 heavy (non-hydrogen) atoms. The lowest BCUT2D eigenvalue weighted by atomic mass is 10.1. The minimum absolute atomic E-state index is 0.122. The fraction of sp³-hybridized carbons (Fsp3) is 0.231. The summed E-state index contributed by atoms with van der Waals surface area (Å²) in [6.07, 6.45) is 1.93. The molecule has 1 aromatic carbocycles. The average Bonchev–Trinajstić information content (AvgIpc) is 3.21. The number of benzene rings is 1. The molecule has 0 bridgehead atoms. The molecule has 0 saturated heterocycles. The number of nitro groups is 1. The fourth-order valence-electron chi connectivity index (χ4n) is 2.11. The molecule has 108 valence electrons. The highest BCUT2D eigenvalue weighted by atomic mass is 32.1. The molecule has 5 nitrogen and oxygen atoms in total. The van der Waals surface area contributed by atoms with Gasteiger partial charge in [-0.1, -0.05) is 12.2 Å². The predicted molar refractivity (Wildman–Crippen MR) is 73.4 cm³/mol. The number of nitrogens with one attached hydrogen (secondary N) is 1. The van der Waals surface area contributed by atoms with E-state index in [1.165, 1.54) is 0 Å². The van der Waals surface area contributed by atoms with Gasteiger partial charge < -0.3 is 4.98 Å². The van der Waals surface area contributed by atoms with Crippen molar-refractivity contribution in [2.45, 2.75) is 18.8 Å². The zero-order valence-corrected chi connectivity index (χ0v) is 11.4. The summed E-state index contributed by atoms with van der Waals surface area (Å²) in [7, 11) is 0. The van der Waals surface area contributed by atoms with Crippen LogP contribution in [0.1, 0.15) is 24.5 Å². The molecule has 0 amide bonds. The van der Waals surface area contributed by atoms with Crippen LogP contribution in [-0.2, 0) is 0 Å². The van der Waals surface area contributed by atoms with Gasteiger partial charge >= 0.3 is 5.69 Å². The Morgan fingerprint density at radius 2 is 2.10 bits per heavy atom. The van der Waals surface area contributed by atoms with Crippen LogP contribution in [0, 0.1) is 26.4 Å². The first-order valence-corrected chi connectivity index (χ1v) is 6.62. The molecule has 1 saturated carbocycles. The van der Waals surface area contributed by atoms with Gasteiger partial charge in [0.05, 0.1) is 10.5 Å². The summed E-state index contributed by atoms with van der Waals surface area (Å²) in [5, 5.41) is 10.8. The molecule has 8 heteroatoms. The van der Waals surface area contributed by atoms with Gasteiger partial charge in [0.1, 0.15) is 16.3 Å². The highest BCUT2D eigenvalue weighted by molar-refractivity contribution is 7.71. The van der Waals surface area contributed by atoms with E-state index in [-0.39, 0.29) is 16.4 Å². The van der Waals surface area contributed by atoms with Crippen molar-refractivity contribution in [3.63, 3.8) is 0 Å². The molecule has 1 aromatic heterocycles. The van der Waals surface area contributed by atoms with Crippen LogP contribution < -0.4 is 0 Å². The average molecular weight is 309 g/mol. The minimum atomic E-state index is -1.26. The standard InChI is InChI=1S/C13H9F2N3O2S/c14-7-3-4-9(18(19)20)12(15)11(7)13-16-8(6-1-2-6)5-10(21)17-13/h3-6H,1-2H2,(H,16,17,21). The Bertz CT molecular complexity index is 802. The van der Waals surface area contributed by atoms with E-state index < -0.39 is 27.8 Å². The molecule has 0 radical (unpaired) electrons. The van der Waals surface area contributed by atoms with Crippen molar-refractivity contribution < 1.29 is 13.7 Å². The van der Waals surface area contributed by atoms with Crippen molar-refractivity contribution in [2.75, 3.05) is 0 Å². The quantitative estimate of drug-likeness (QED) is 0.531. The lowest BCUT2D eigenvalue weighted by molar-refractivity contribution is -0.387. The van der Waals surface area contributed by atoms with Gasteiger partial charge in [-0.3, -0.25) is 10.1 Å². The second kappa shape index (κ2) is 4.96. The number of aromatic nitrogens is 2. The predicted octanol–water partition coefficient (Wildman–Crippen LogP) is 3.87. The van der Waals surface area contributed by atoms with Gasteiger partial charge in [-0.2, -0.15) is 4.39 Å². The second-order valence-electron chi connectivity index (χ2n) is 4.81. The van der Waals surface area contributed by atoms with E-state index >= 15 is 0 Å². The first kappa shape index (κ1) is 13.7. The molecule has 0 atom stereocenters. The second-order valence-corrected chi connectivity index (χ2v) is 5.23. The molecule has 1 N–H and O–H groups in total. The third kappa shape index (κ3) is 2.54. The van der Waals surface area contributed by atoms with Gasteiger partial charge in [-0.05, 0) is 30.9 Å². The number of nitrogens with zero attached hydrogens (tertiary/aromatic N) is 2. The molecule has 1 fully saturated rings. The van der Waals surface area contributed by atoms with Gasteiger partial charge in [0.15, 0.2) is 0 Å². The van der Waals surface area contributed by atoms with E-state index in [2.05, 4.69) is 9.97 Å². The first-order valence-electron chi connectivity index (χ1n) is 6.21. The van der Waals surface area contributed by atoms with E-state index in [1.807, 2.05) is 0 Å². The molecular formula is C13H9F2N3O2S. The smallest absolute Gasteiger partial charge is 0.305 e. The Balaban J connectivity index is 2.22. The van der Waals surface area contributed by atoms with Crippen LogP contribution in [0.2, 0.25) is 0 Å². The number of hydrogen-bond donors (Lipinski definition) is 1. The molecule has 0 spiro atoms. The summed E-state index contributed by atoms with van der Waals surface area (Å²) in [5.41, 5.74) is -0.613. The third-order valence-electron chi connectivity index (χ3n) is 3.29. The normalized spacial score (nSPS) is 14.2. The maximum Gasteiger partial charge on any atom is 0.305 e. The Morgan fingerprint density at radius 3 is 2.71 bits per heavy atom. The highest BCUT2D eigenvalue weighted by Gasteiger charge is 2.27. The lowest BCUT2D eigenvalue weighted by Gasteiger charge is -2.07. The molecular weight excluding hydrogens is 300 g/mol. The Kier molecular flexibility index (Phi) is 3.25. The van der Waals surface area contributed by atoms with Gasteiger partial charge in [0.2, 0.25) is 5.82 Å². The Hall–Kier alpha value is -2.22. The van der Waals surface area contributed by atoms with Crippen LogP contribution in [0.15, 0.2) is 18.2 Å². The topological polar surface area (TPSA) is 71.8 Å². The van der Waals surface area contributed by atoms with Crippen molar-refractivity contribution in [1.82, 2.24) is 9.97 Å². The highest BCUT2D eigenvalue weighted by Crippen LogP contribution is 2.40. The van der Waals surface area contributed by atoms with Gasteiger partial charge in [0, 0.05) is 11.8 Å². The lowest BCUT2D eigenvalue weighted by Crippen LogP contribution is -2.02. The summed E-state index contributed by atoms with van der Waals surface area (Å²) in [4.78, 5) is 16.6. The Morgan fingerprint density at radius 1 is 1.38 bits per heavy atom. The number of hydrogen-bond acceptors (Lipinski definition) is 4. The van der Waals surface area contributed by atoms with Crippen LogP contribution >= 0.6 is 12.2 Å². The Labute approximate surface area is 122 Å². The van der Waals surface area contributed by atoms with E-state index in [1.54, 1.807) is 6.07 Å². The summed E-state index contributed by atoms with van der Waals surface area (Å²) in [6.45, 7) is 0. The zero-order valence-electron chi connectivity index (χ0n) is 10.6. The van der Waals surface area contributed by atoms with E-state index in [4.69, 9.17) is 12.2 Å². The van der Waals surface area contributed by atoms with Crippen molar-refractivity contribution in [2.24, 2.45) is 0 Å². The maximum atomic E-state index is 14.2. The fourth-order valence-corrected chi connectivity index (χ4v) is 2.33. The van der Waals surface area contributed by atoms with Gasteiger partial charge in [-0.15, -0.1) is 0 Å². The van der Waals surface area contributed by atoms with Gasteiger partial charge in [-0.25, -0.2) is 9.37 Å². The van der Waals surface area contributed by atoms with Crippen LogP contribution in [0.3, 0.4) is 0 Å². The summed E-state index contributed by atoms with van der Waals surface area (Å²) >= 11 is 5.00. The van der Waals surface area contributed by atoms with Gasteiger partial charge in [0.25, 0.3) is 0 Å². The van der Waals surface area contributed by atoms with Crippen molar-refractivity contribution in [3.8, 4) is 11.4 Å². The number of rotatable bonds is 3. The van der Waals surface area contributed by atoms with E-state index in [9.17, 15) is 18.9 Å². The van der Waals surface area contributed by atoms with E-state index in [0.29, 0.717) is 0 Å². The van der Waals surface area contributed by atoms with Crippen LogP contribution in [0.4, 0.5) is 14.5 Å². The molecule has 1 heterocycles. The SMILES string of the molecule is O=[N+]([O-])c1ccc(F)c(-c2nc(=S)cc(C3CC3)[nH]2)c1F. The molecule has 2 aromatic rings. The first-order chi connectivity index (χ1) is 9.97. The zero-order chi connectivity index (χ0) is 15.1. The molecule has 3 rings (SSSR count). The van der Waals surface area contributed by atoms with Crippen molar-refractivity contribution in [3.05, 3.63) is 50.3 Å². The summed E-state index contributed by atoms with van der Waals surface area (Å²) in [5.74, 6) is -2.03. The molecule has 1 aliphatic carbocycles. The monoisotopic (exact) mass is 309 g/mol. The van der Waals surface area contributed by atoms with E-state index in [0.717, 1.165) is 30.7 Å². The van der Waals surface area contributed by atoms with Crippen LogP contribution in [-0.4, -0.2) is 14.9 Å². The van der Waals surface area contributed by atoms with Crippen LogP contribution in [0.25, 0.3) is 11.4 Å².